The van der Waals surface area contributed by atoms with Gasteiger partial charge in [0, 0.05) is 38.5 Å². The maximum absolute atomic E-state index is 13.0. The van der Waals surface area contributed by atoms with Gasteiger partial charge >= 0.3 is 0 Å². The molecule has 0 saturated carbocycles. The molecular weight excluding hydrogens is 316 g/mol. The van der Waals surface area contributed by atoms with Crippen LogP contribution in [0.3, 0.4) is 0 Å². The molecule has 2 aliphatic rings. The van der Waals surface area contributed by atoms with Crippen LogP contribution < -0.4 is 5.73 Å². The molecule has 0 aliphatic carbocycles. The average molecular weight is 342 g/mol. The van der Waals surface area contributed by atoms with Gasteiger partial charge in [0.05, 0.1) is 12.2 Å². The van der Waals surface area contributed by atoms with E-state index in [0.29, 0.717) is 26.3 Å². The summed E-state index contributed by atoms with van der Waals surface area (Å²) in [7, 11) is -3.54. The van der Waals surface area contributed by atoms with Crippen molar-refractivity contribution in [3.05, 3.63) is 12.4 Å². The van der Waals surface area contributed by atoms with Crippen LogP contribution in [-0.2, 0) is 14.8 Å². The Morgan fingerprint density at radius 3 is 2.78 bits per heavy atom. The quantitative estimate of drug-likeness (QED) is 0.881. The van der Waals surface area contributed by atoms with E-state index in [2.05, 4.69) is 12.0 Å². The lowest BCUT2D eigenvalue weighted by Gasteiger charge is -2.38. The Hall–Kier alpha value is -0.960. The van der Waals surface area contributed by atoms with Crippen molar-refractivity contribution >= 4 is 10.0 Å². The molecule has 2 aliphatic heterocycles. The average Bonchev–Trinajstić information content (AvgIpc) is 3.06. The number of hydrogen-bond donors (Lipinski definition) is 1. The van der Waals surface area contributed by atoms with E-state index in [4.69, 9.17) is 10.5 Å². The van der Waals surface area contributed by atoms with Crippen molar-refractivity contribution in [2.24, 2.45) is 11.7 Å². The van der Waals surface area contributed by atoms with Gasteiger partial charge in [-0.3, -0.25) is 4.68 Å². The number of hydrogen-bond acceptors (Lipinski definition) is 5. The molecule has 2 fully saturated rings. The summed E-state index contributed by atoms with van der Waals surface area (Å²) < 4.78 is 34.7. The summed E-state index contributed by atoms with van der Waals surface area (Å²) in [6.45, 7) is 4.37. The highest BCUT2D eigenvalue weighted by molar-refractivity contribution is 7.89. The Balaban J connectivity index is 1.83. The van der Waals surface area contributed by atoms with Gasteiger partial charge in [0.1, 0.15) is 4.90 Å². The monoisotopic (exact) mass is 342 g/mol. The zero-order valence-corrected chi connectivity index (χ0v) is 14.4. The molecule has 0 bridgehead atoms. The first kappa shape index (κ1) is 16.9. The summed E-state index contributed by atoms with van der Waals surface area (Å²) in [6, 6.07) is 0.0958. The molecule has 0 radical (unpaired) electrons. The van der Waals surface area contributed by atoms with Crippen LogP contribution in [0.1, 0.15) is 38.6 Å². The topological polar surface area (TPSA) is 90.5 Å². The van der Waals surface area contributed by atoms with Gasteiger partial charge < -0.3 is 10.5 Å². The molecule has 2 saturated heterocycles. The number of ether oxygens (including phenoxy) is 1. The molecule has 23 heavy (non-hydrogen) atoms. The molecule has 2 atom stereocenters. The third kappa shape index (κ3) is 3.31. The summed E-state index contributed by atoms with van der Waals surface area (Å²) in [5, 5.41) is 4.29. The lowest BCUT2D eigenvalue weighted by atomic mass is 9.93. The SMILES string of the molecule is C[C@@H]1CCCN(S(=O)(=O)c2cnn(C3CCOCC3)c2)[C@H]1CN. The molecule has 1 aromatic rings. The van der Waals surface area contributed by atoms with Crippen LogP contribution in [0.2, 0.25) is 0 Å². The van der Waals surface area contributed by atoms with Crippen LogP contribution in [0.5, 0.6) is 0 Å². The number of rotatable bonds is 4. The third-order valence-electron chi connectivity index (χ3n) is 5.06. The van der Waals surface area contributed by atoms with Crippen molar-refractivity contribution in [2.45, 2.75) is 49.6 Å². The summed E-state index contributed by atoms with van der Waals surface area (Å²) in [6.07, 6.45) is 6.77. The van der Waals surface area contributed by atoms with Crippen LogP contribution >= 0.6 is 0 Å². The summed E-state index contributed by atoms with van der Waals surface area (Å²) in [5.74, 6) is 0.286. The lowest BCUT2D eigenvalue weighted by Crippen LogP contribution is -2.51. The minimum Gasteiger partial charge on any atom is -0.381 e. The maximum Gasteiger partial charge on any atom is 0.246 e. The molecule has 1 aromatic heterocycles. The Morgan fingerprint density at radius 1 is 1.35 bits per heavy atom. The third-order valence-corrected chi connectivity index (χ3v) is 6.93. The normalized spacial score (nSPS) is 28.1. The minimum absolute atomic E-state index is 0.125. The maximum atomic E-state index is 13.0. The number of aromatic nitrogens is 2. The first-order valence-electron chi connectivity index (χ1n) is 8.38. The van der Waals surface area contributed by atoms with Crippen molar-refractivity contribution in [2.75, 3.05) is 26.3 Å². The highest BCUT2D eigenvalue weighted by Gasteiger charge is 2.37. The summed E-state index contributed by atoms with van der Waals surface area (Å²) in [4.78, 5) is 0.275. The Morgan fingerprint density at radius 2 is 2.09 bits per heavy atom. The van der Waals surface area contributed by atoms with Gasteiger partial charge in [-0.25, -0.2) is 8.42 Å². The van der Waals surface area contributed by atoms with Crippen molar-refractivity contribution in [1.29, 1.82) is 0 Å². The van der Waals surface area contributed by atoms with Crippen LogP contribution in [0.15, 0.2) is 17.3 Å². The van der Waals surface area contributed by atoms with Gasteiger partial charge in [0.15, 0.2) is 0 Å². The van der Waals surface area contributed by atoms with Crippen molar-refractivity contribution in [1.82, 2.24) is 14.1 Å². The van der Waals surface area contributed by atoms with E-state index in [9.17, 15) is 8.42 Å². The molecular formula is C15H26N4O3S. The van der Waals surface area contributed by atoms with Crippen LogP contribution in [0.25, 0.3) is 0 Å². The molecule has 0 amide bonds. The van der Waals surface area contributed by atoms with Crippen molar-refractivity contribution < 1.29 is 13.2 Å². The largest absolute Gasteiger partial charge is 0.381 e. The van der Waals surface area contributed by atoms with Gasteiger partial charge in [-0.1, -0.05) is 6.92 Å². The molecule has 0 unspecified atom stereocenters. The predicted octanol–water partition coefficient (Wildman–Crippen LogP) is 0.983. The van der Waals surface area contributed by atoms with E-state index in [-0.39, 0.29) is 22.9 Å². The highest BCUT2D eigenvalue weighted by Crippen LogP contribution is 2.29. The molecule has 2 N–H and O–H groups in total. The summed E-state index contributed by atoms with van der Waals surface area (Å²) >= 11 is 0. The second kappa shape index (κ2) is 6.88. The molecule has 130 valence electrons. The second-order valence-electron chi connectivity index (χ2n) is 6.54. The number of nitrogens with zero attached hydrogens (tertiary/aromatic N) is 3. The fourth-order valence-corrected chi connectivity index (χ4v) is 5.31. The molecule has 7 nitrogen and oxygen atoms in total. The minimum atomic E-state index is -3.54. The van der Waals surface area contributed by atoms with Crippen LogP contribution in [0.4, 0.5) is 0 Å². The first-order valence-corrected chi connectivity index (χ1v) is 9.82. The molecule has 8 heteroatoms. The van der Waals surface area contributed by atoms with Crippen LogP contribution in [0, 0.1) is 5.92 Å². The lowest BCUT2D eigenvalue weighted by molar-refractivity contribution is 0.0662. The van der Waals surface area contributed by atoms with Crippen molar-refractivity contribution in [3.8, 4) is 0 Å². The standard InChI is InChI=1S/C15H26N4O3S/c1-12-3-2-6-19(15(12)9-16)23(20,21)14-10-17-18(11-14)13-4-7-22-8-5-13/h10-13,15H,2-9,16H2,1H3/t12-,15+/m1/s1. The van der Waals surface area contributed by atoms with Gasteiger partial charge in [-0.05, 0) is 31.6 Å². The van der Waals surface area contributed by atoms with Gasteiger partial charge in [0.2, 0.25) is 10.0 Å². The van der Waals surface area contributed by atoms with E-state index in [1.807, 2.05) is 0 Å². The zero-order chi connectivity index (χ0) is 16.4. The molecule has 3 heterocycles. The summed E-state index contributed by atoms with van der Waals surface area (Å²) in [5.41, 5.74) is 5.84. The molecule has 0 aromatic carbocycles. The number of sulfonamides is 1. The predicted molar refractivity (Wildman–Crippen MR) is 86.4 cm³/mol. The first-order chi connectivity index (χ1) is 11.0. The van der Waals surface area contributed by atoms with Gasteiger partial charge in [0.25, 0.3) is 0 Å². The van der Waals surface area contributed by atoms with E-state index in [1.165, 1.54) is 6.20 Å². The fraction of sp³-hybridized carbons (Fsp3) is 0.800. The number of nitrogens with two attached hydrogens (primary N) is 1. The molecule has 0 spiro atoms. The van der Waals surface area contributed by atoms with Gasteiger partial charge in [-0.15, -0.1) is 0 Å². The van der Waals surface area contributed by atoms with Crippen molar-refractivity contribution in [3.63, 3.8) is 0 Å². The molecule has 3 rings (SSSR count). The van der Waals surface area contributed by atoms with E-state index in [1.54, 1.807) is 15.2 Å². The second-order valence-corrected chi connectivity index (χ2v) is 8.43. The fourth-order valence-electron chi connectivity index (χ4n) is 3.60. The highest BCUT2D eigenvalue weighted by atomic mass is 32.2. The van der Waals surface area contributed by atoms with Crippen LogP contribution in [-0.4, -0.2) is 54.8 Å². The van der Waals surface area contributed by atoms with E-state index < -0.39 is 10.0 Å². The smallest absolute Gasteiger partial charge is 0.246 e. The van der Waals surface area contributed by atoms with E-state index in [0.717, 1.165) is 25.7 Å². The van der Waals surface area contributed by atoms with E-state index >= 15 is 0 Å². The number of piperidine rings is 1. The Labute approximate surface area is 137 Å². The van der Waals surface area contributed by atoms with Gasteiger partial charge in [-0.2, -0.15) is 9.40 Å². The Kier molecular flexibility index (Phi) is 5.05. The zero-order valence-electron chi connectivity index (χ0n) is 13.6. The Bertz CT molecular complexity index is 624.